The summed E-state index contributed by atoms with van der Waals surface area (Å²) < 4.78 is 0.0902. The first kappa shape index (κ1) is 20.3. The quantitative estimate of drug-likeness (QED) is 0.408. The Morgan fingerprint density at radius 2 is 1.96 bits per heavy atom. The van der Waals surface area contributed by atoms with Crippen molar-refractivity contribution in [1.82, 2.24) is 9.80 Å². The molecule has 0 atom stereocenters. The Morgan fingerprint density at radius 1 is 1.29 bits per heavy atom. The monoisotopic (exact) mass is 469 g/mol. The lowest BCUT2D eigenvalue weighted by Gasteiger charge is -2.27. The van der Waals surface area contributed by atoms with E-state index in [-0.39, 0.29) is 27.4 Å². The predicted molar refractivity (Wildman–Crippen MR) is 106 cm³/mol. The smallest absolute Gasteiger partial charge is 0.312 e. The lowest BCUT2D eigenvalue weighted by atomic mass is 10.1. The molecule has 0 aromatic heterocycles. The van der Waals surface area contributed by atoms with Crippen LogP contribution in [0.15, 0.2) is 21.5 Å². The molecule has 0 saturated carbocycles. The molecule has 0 bridgehead atoms. The molecule has 3 rings (SSSR count). The van der Waals surface area contributed by atoms with Crippen LogP contribution >= 0.6 is 27.7 Å². The van der Waals surface area contributed by atoms with Gasteiger partial charge in [-0.1, -0.05) is 0 Å². The maximum atomic E-state index is 12.6. The minimum Gasteiger partial charge on any atom is -0.501 e. The summed E-state index contributed by atoms with van der Waals surface area (Å²) in [6.45, 7) is 0.924. The van der Waals surface area contributed by atoms with E-state index in [4.69, 9.17) is 0 Å². The molecule has 2 aliphatic heterocycles. The minimum atomic E-state index is -0.750. The largest absolute Gasteiger partial charge is 0.501 e. The number of benzene rings is 1. The Morgan fingerprint density at radius 3 is 2.61 bits per heavy atom. The number of carbonyl (C=O) groups excluding carboxylic acids is 3. The molecule has 148 valence electrons. The average Bonchev–Trinajstić information content (AvgIpc) is 2.92. The Bertz CT molecular complexity index is 897. The van der Waals surface area contributed by atoms with Gasteiger partial charge >= 0.3 is 5.69 Å². The van der Waals surface area contributed by atoms with Gasteiger partial charge in [0.1, 0.15) is 6.54 Å². The molecule has 2 heterocycles. The Kier molecular flexibility index (Phi) is 6.04. The van der Waals surface area contributed by atoms with Crippen molar-refractivity contribution in [2.45, 2.75) is 19.3 Å². The molecule has 0 aliphatic carbocycles. The van der Waals surface area contributed by atoms with E-state index in [1.807, 2.05) is 0 Å². The second-order valence-electron chi connectivity index (χ2n) is 6.34. The van der Waals surface area contributed by atoms with Gasteiger partial charge in [-0.15, -0.1) is 0 Å². The molecule has 0 radical (unpaired) electrons. The molecule has 2 saturated heterocycles. The second kappa shape index (κ2) is 8.31. The summed E-state index contributed by atoms with van der Waals surface area (Å²) in [5.74, 6) is -1.42. The van der Waals surface area contributed by atoms with E-state index in [9.17, 15) is 29.6 Å². The minimum absolute atomic E-state index is 0.0586. The number of aromatic hydroxyl groups is 1. The highest BCUT2D eigenvalue weighted by Gasteiger charge is 2.37. The number of nitro benzene ring substituents is 1. The fraction of sp³-hybridized carbons (Fsp3) is 0.353. The standard InChI is InChI=1S/C17H16BrN3O6S/c18-11-6-10(7-12(15(11)23)21(26)27)8-13-16(24)20(17(25)28-13)9-14(22)19-4-2-1-3-5-19/h6-8,23H,1-5,9H2/b13-8-. The van der Waals surface area contributed by atoms with Gasteiger partial charge in [0, 0.05) is 19.2 Å². The van der Waals surface area contributed by atoms with E-state index < -0.39 is 27.5 Å². The van der Waals surface area contributed by atoms with Crippen LogP contribution in [0, 0.1) is 10.1 Å². The van der Waals surface area contributed by atoms with E-state index in [1.54, 1.807) is 4.90 Å². The molecular formula is C17H16BrN3O6S. The third kappa shape index (κ3) is 4.20. The molecule has 0 unspecified atom stereocenters. The van der Waals surface area contributed by atoms with E-state index in [2.05, 4.69) is 15.9 Å². The zero-order valence-corrected chi connectivity index (χ0v) is 17.0. The van der Waals surface area contributed by atoms with E-state index in [0.717, 1.165) is 30.2 Å². The van der Waals surface area contributed by atoms with Crippen molar-refractivity contribution in [3.05, 3.63) is 37.2 Å². The molecule has 9 nitrogen and oxygen atoms in total. The second-order valence-corrected chi connectivity index (χ2v) is 8.18. The van der Waals surface area contributed by atoms with Gasteiger partial charge in [-0.3, -0.25) is 29.4 Å². The number of piperidine rings is 1. The average molecular weight is 470 g/mol. The molecule has 1 aromatic carbocycles. The first-order chi connectivity index (χ1) is 13.3. The predicted octanol–water partition coefficient (Wildman–Crippen LogP) is 3.11. The highest BCUT2D eigenvalue weighted by atomic mass is 79.9. The summed E-state index contributed by atoms with van der Waals surface area (Å²) in [5.41, 5.74) is -0.260. The van der Waals surface area contributed by atoms with E-state index >= 15 is 0 Å². The summed E-state index contributed by atoms with van der Waals surface area (Å²) in [7, 11) is 0. The number of nitro groups is 1. The molecule has 11 heteroatoms. The number of thioether (sulfide) groups is 1. The Balaban J connectivity index is 1.79. The van der Waals surface area contributed by atoms with E-state index in [0.29, 0.717) is 24.9 Å². The van der Waals surface area contributed by atoms with Crippen molar-refractivity contribution in [3.8, 4) is 5.75 Å². The van der Waals surface area contributed by atoms with Crippen LogP contribution in [0.25, 0.3) is 6.08 Å². The fourth-order valence-corrected chi connectivity index (χ4v) is 4.30. The summed E-state index contributed by atoms with van der Waals surface area (Å²) in [5, 5.41) is 20.2. The van der Waals surface area contributed by atoms with Crippen LogP contribution in [-0.2, 0) is 9.59 Å². The topological polar surface area (TPSA) is 121 Å². The Labute approximate surface area is 172 Å². The zero-order chi connectivity index (χ0) is 20.4. The number of halogens is 1. The van der Waals surface area contributed by atoms with Crippen LogP contribution in [0.1, 0.15) is 24.8 Å². The number of phenols is 1. The lowest BCUT2D eigenvalue weighted by Crippen LogP contribution is -2.44. The summed E-state index contributed by atoms with van der Waals surface area (Å²) >= 11 is 3.70. The first-order valence-corrected chi connectivity index (χ1v) is 10.1. The highest BCUT2D eigenvalue weighted by Crippen LogP contribution is 2.38. The molecular weight excluding hydrogens is 454 g/mol. The zero-order valence-electron chi connectivity index (χ0n) is 14.6. The van der Waals surface area contributed by atoms with Gasteiger partial charge in [-0.05, 0) is 64.7 Å². The molecule has 3 amide bonds. The SMILES string of the molecule is O=C(CN1C(=O)S/C(=C\c2cc(Br)c(O)c([N+](=O)[O-])c2)C1=O)N1CCCCC1. The number of imide groups is 1. The third-order valence-corrected chi connectivity index (χ3v) is 5.95. The van der Waals surface area contributed by atoms with Crippen LogP contribution in [0.2, 0.25) is 0 Å². The molecule has 0 spiro atoms. The number of hydrogen-bond acceptors (Lipinski definition) is 7. The van der Waals surface area contributed by atoms with Crippen molar-refractivity contribution in [2.75, 3.05) is 19.6 Å². The Hall–Kier alpha value is -2.40. The number of hydrogen-bond donors (Lipinski definition) is 1. The van der Waals surface area contributed by atoms with Crippen molar-refractivity contribution in [3.63, 3.8) is 0 Å². The van der Waals surface area contributed by atoms with Gasteiger partial charge in [-0.25, -0.2) is 0 Å². The molecule has 1 N–H and O–H groups in total. The van der Waals surface area contributed by atoms with Gasteiger partial charge in [0.05, 0.1) is 14.3 Å². The summed E-state index contributed by atoms with van der Waals surface area (Å²) in [6, 6.07) is 2.50. The maximum Gasteiger partial charge on any atom is 0.312 e. The van der Waals surface area contributed by atoms with Gasteiger partial charge < -0.3 is 10.0 Å². The molecule has 2 aliphatic rings. The molecule has 28 heavy (non-hydrogen) atoms. The van der Waals surface area contributed by atoms with Gasteiger partial charge in [0.2, 0.25) is 11.7 Å². The van der Waals surface area contributed by atoms with Gasteiger partial charge in [0.15, 0.2) is 0 Å². The summed E-state index contributed by atoms with van der Waals surface area (Å²) in [4.78, 5) is 50.0. The summed E-state index contributed by atoms with van der Waals surface area (Å²) in [6.07, 6.45) is 4.19. The maximum absolute atomic E-state index is 12.6. The number of rotatable bonds is 4. The number of likely N-dealkylation sites (tertiary alicyclic amines) is 1. The molecule has 1 aromatic rings. The fourth-order valence-electron chi connectivity index (χ4n) is 2.99. The van der Waals surface area contributed by atoms with E-state index in [1.165, 1.54) is 12.1 Å². The van der Waals surface area contributed by atoms with Crippen LogP contribution in [0.4, 0.5) is 10.5 Å². The first-order valence-electron chi connectivity index (χ1n) is 8.48. The lowest BCUT2D eigenvalue weighted by molar-refractivity contribution is -0.386. The van der Waals surface area contributed by atoms with Crippen molar-refractivity contribution >= 4 is 56.5 Å². The molecule has 2 fully saturated rings. The van der Waals surface area contributed by atoms with Crippen molar-refractivity contribution < 1.29 is 24.4 Å². The third-order valence-electron chi connectivity index (χ3n) is 4.44. The number of carbonyl (C=O) groups is 3. The van der Waals surface area contributed by atoms with Gasteiger partial charge in [0.25, 0.3) is 11.1 Å². The van der Waals surface area contributed by atoms with Gasteiger partial charge in [-0.2, -0.15) is 0 Å². The van der Waals surface area contributed by atoms with Crippen LogP contribution < -0.4 is 0 Å². The number of amides is 3. The van der Waals surface area contributed by atoms with Crippen molar-refractivity contribution in [2.24, 2.45) is 0 Å². The van der Waals surface area contributed by atoms with Crippen LogP contribution in [-0.4, -0.2) is 56.5 Å². The highest BCUT2D eigenvalue weighted by molar-refractivity contribution is 9.10. The van der Waals surface area contributed by atoms with Crippen LogP contribution in [0.5, 0.6) is 5.75 Å². The number of phenolic OH excluding ortho intramolecular Hbond substituents is 1. The number of nitrogens with zero attached hydrogens (tertiary/aromatic N) is 3. The normalized spacial score (nSPS) is 18.8. The van der Waals surface area contributed by atoms with Crippen LogP contribution in [0.3, 0.4) is 0 Å². The van der Waals surface area contributed by atoms with Crippen molar-refractivity contribution in [1.29, 1.82) is 0 Å².